The molecule has 0 aromatic heterocycles. The molecular formula is C75H146O17P2. The molecule has 2 unspecified atom stereocenters. The third-order valence-corrected chi connectivity index (χ3v) is 19.4. The summed E-state index contributed by atoms with van der Waals surface area (Å²) in [6.45, 7) is 9.51. The molecule has 0 heterocycles. The van der Waals surface area contributed by atoms with Crippen molar-refractivity contribution in [2.24, 2.45) is 11.8 Å². The van der Waals surface area contributed by atoms with Crippen LogP contribution >= 0.6 is 15.6 Å². The number of unbranched alkanes of at least 4 members (excludes halogenated alkanes) is 44. The van der Waals surface area contributed by atoms with Crippen molar-refractivity contribution in [3.63, 3.8) is 0 Å². The van der Waals surface area contributed by atoms with Gasteiger partial charge >= 0.3 is 39.5 Å². The van der Waals surface area contributed by atoms with Crippen LogP contribution in [0.2, 0.25) is 0 Å². The van der Waals surface area contributed by atoms with Crippen molar-refractivity contribution in [3.05, 3.63) is 0 Å². The summed E-state index contributed by atoms with van der Waals surface area (Å²) in [7, 11) is -9.91. The van der Waals surface area contributed by atoms with Gasteiger partial charge in [-0.25, -0.2) is 9.13 Å². The van der Waals surface area contributed by atoms with E-state index in [0.717, 1.165) is 102 Å². The molecule has 19 heteroatoms. The van der Waals surface area contributed by atoms with Gasteiger partial charge in [0.05, 0.1) is 26.4 Å². The Bertz CT molecular complexity index is 1820. The molecule has 0 rings (SSSR count). The van der Waals surface area contributed by atoms with Crippen LogP contribution in [0, 0.1) is 11.8 Å². The van der Waals surface area contributed by atoms with Gasteiger partial charge in [-0.2, -0.15) is 0 Å². The Labute approximate surface area is 575 Å². The van der Waals surface area contributed by atoms with Gasteiger partial charge < -0.3 is 33.8 Å². The van der Waals surface area contributed by atoms with Gasteiger partial charge in [-0.3, -0.25) is 37.3 Å². The summed E-state index contributed by atoms with van der Waals surface area (Å²) in [4.78, 5) is 72.7. The van der Waals surface area contributed by atoms with Crippen LogP contribution < -0.4 is 0 Å². The van der Waals surface area contributed by atoms with E-state index in [4.69, 9.17) is 37.0 Å². The number of phosphoric ester groups is 2. The first-order chi connectivity index (χ1) is 45.4. The Balaban J connectivity index is 5.21. The predicted molar refractivity (Wildman–Crippen MR) is 381 cm³/mol. The third-order valence-electron chi connectivity index (χ3n) is 17.5. The molecule has 0 radical (unpaired) electrons. The van der Waals surface area contributed by atoms with Gasteiger partial charge in [0.2, 0.25) is 0 Å². The SMILES string of the molecule is CCCCCCCCCCCCCCCCCCCCCC(=O)O[C@H](COC(=O)CCCCCCCCCCCCCCC(C)C)COP(=O)(O)OC[C@@H](O)COP(=O)(O)OC[C@@H](COC(=O)CCCCCCCCC(C)C)OC(=O)CCCCCCCCCCCCC. The Hall–Kier alpha value is -1.94. The van der Waals surface area contributed by atoms with Crippen LogP contribution in [-0.2, 0) is 65.4 Å². The molecular weight excluding hydrogens is 1230 g/mol. The molecule has 0 amide bonds. The van der Waals surface area contributed by atoms with Gasteiger partial charge in [0.1, 0.15) is 19.3 Å². The maximum absolute atomic E-state index is 13.1. The number of ether oxygens (including phenoxy) is 4. The highest BCUT2D eigenvalue weighted by Gasteiger charge is 2.30. The maximum Gasteiger partial charge on any atom is 0.472 e. The molecule has 0 aliphatic rings. The van der Waals surface area contributed by atoms with Crippen molar-refractivity contribution in [1.29, 1.82) is 0 Å². The van der Waals surface area contributed by atoms with E-state index in [1.807, 2.05) is 0 Å². The lowest BCUT2D eigenvalue weighted by Crippen LogP contribution is -2.30. The number of aliphatic hydroxyl groups excluding tert-OH is 1. The molecule has 0 bridgehead atoms. The Morgan fingerprint density at radius 1 is 0.287 bits per heavy atom. The standard InChI is InChI=1S/C75H146O17P2/c1-7-9-11-13-15-17-19-20-21-22-23-24-25-26-32-36-40-48-54-60-75(80)91-70(63-85-72(77)57-51-45-38-34-31-28-27-30-33-37-43-49-55-67(3)4)65-89-93(81,82)87-61-69(76)62-88-94(83,84)90-66-71(64-86-73(78)58-52-46-42-41-44-50-56-68(5)6)92-74(79)59-53-47-39-35-29-18-16-14-12-10-8-2/h67-71,76H,7-66H2,1-6H3,(H,81,82)(H,83,84)/t69-,70-,71-/m1/s1. The highest BCUT2D eigenvalue weighted by Crippen LogP contribution is 2.45. The molecule has 5 atom stereocenters. The summed E-state index contributed by atoms with van der Waals surface area (Å²) in [6, 6.07) is 0. The van der Waals surface area contributed by atoms with Gasteiger partial charge in [-0.1, -0.05) is 337 Å². The fraction of sp³-hybridized carbons (Fsp3) is 0.947. The Morgan fingerprint density at radius 3 is 0.723 bits per heavy atom. The lowest BCUT2D eigenvalue weighted by molar-refractivity contribution is -0.161. The summed E-state index contributed by atoms with van der Waals surface area (Å²) in [5.74, 6) is -0.657. The van der Waals surface area contributed by atoms with Crippen LogP contribution in [0.15, 0.2) is 0 Å². The molecule has 0 spiro atoms. The highest BCUT2D eigenvalue weighted by molar-refractivity contribution is 7.47. The van der Waals surface area contributed by atoms with E-state index in [0.29, 0.717) is 31.6 Å². The average Bonchev–Trinajstić information content (AvgIpc) is 1.59. The first kappa shape index (κ1) is 92.1. The molecule has 94 heavy (non-hydrogen) atoms. The van der Waals surface area contributed by atoms with Crippen molar-refractivity contribution in [2.75, 3.05) is 39.6 Å². The van der Waals surface area contributed by atoms with E-state index in [2.05, 4.69) is 41.5 Å². The number of carbonyl (C=O) groups excluding carboxylic acids is 4. The van der Waals surface area contributed by atoms with E-state index >= 15 is 0 Å². The zero-order valence-electron chi connectivity index (χ0n) is 61.3. The van der Waals surface area contributed by atoms with Crippen LogP contribution in [0.1, 0.15) is 388 Å². The van der Waals surface area contributed by atoms with E-state index in [1.165, 1.54) is 199 Å². The largest absolute Gasteiger partial charge is 0.472 e. The minimum atomic E-state index is -4.96. The van der Waals surface area contributed by atoms with E-state index < -0.39 is 97.5 Å². The maximum atomic E-state index is 13.1. The van der Waals surface area contributed by atoms with Crippen molar-refractivity contribution >= 4 is 39.5 Å². The van der Waals surface area contributed by atoms with Crippen LogP contribution in [0.5, 0.6) is 0 Å². The number of aliphatic hydroxyl groups is 1. The smallest absolute Gasteiger partial charge is 0.462 e. The normalized spacial score (nSPS) is 14.0. The average molecular weight is 1380 g/mol. The second kappa shape index (κ2) is 66.9. The molecule has 17 nitrogen and oxygen atoms in total. The second-order valence-corrected chi connectivity index (χ2v) is 30.9. The van der Waals surface area contributed by atoms with Gasteiger partial charge in [0.25, 0.3) is 0 Å². The first-order valence-electron chi connectivity index (χ1n) is 39.0. The Morgan fingerprint density at radius 2 is 0.489 bits per heavy atom. The number of rotatable bonds is 74. The van der Waals surface area contributed by atoms with Gasteiger partial charge in [0, 0.05) is 25.7 Å². The number of phosphoric acid groups is 2. The third kappa shape index (κ3) is 68.6. The quantitative estimate of drug-likeness (QED) is 0.0222. The zero-order chi connectivity index (χ0) is 69.3. The minimum Gasteiger partial charge on any atom is -0.462 e. The number of hydrogen-bond acceptors (Lipinski definition) is 15. The van der Waals surface area contributed by atoms with Crippen LogP contribution in [-0.4, -0.2) is 96.7 Å². The van der Waals surface area contributed by atoms with Crippen molar-refractivity contribution < 1.29 is 80.2 Å². The topological polar surface area (TPSA) is 237 Å². The lowest BCUT2D eigenvalue weighted by atomic mass is 10.0. The second-order valence-electron chi connectivity index (χ2n) is 28.0. The number of carbonyl (C=O) groups is 4. The molecule has 3 N–H and O–H groups in total. The Kier molecular flexibility index (Phi) is 65.5. The molecule has 0 aliphatic carbocycles. The van der Waals surface area contributed by atoms with Crippen LogP contribution in [0.25, 0.3) is 0 Å². The summed E-state index contributed by atoms with van der Waals surface area (Å²) in [5, 5.41) is 10.6. The van der Waals surface area contributed by atoms with Crippen molar-refractivity contribution in [1.82, 2.24) is 0 Å². The van der Waals surface area contributed by atoms with Gasteiger partial charge in [-0.05, 0) is 37.5 Å². The van der Waals surface area contributed by atoms with Crippen molar-refractivity contribution in [2.45, 2.75) is 407 Å². The summed E-state index contributed by atoms with van der Waals surface area (Å²) >= 11 is 0. The predicted octanol–water partition coefficient (Wildman–Crippen LogP) is 21.9. The van der Waals surface area contributed by atoms with Crippen molar-refractivity contribution in [3.8, 4) is 0 Å². The minimum absolute atomic E-state index is 0.106. The number of esters is 4. The van der Waals surface area contributed by atoms with Gasteiger partial charge in [0.15, 0.2) is 12.2 Å². The molecule has 0 aliphatic heterocycles. The summed E-state index contributed by atoms with van der Waals surface area (Å²) < 4.78 is 68.4. The van der Waals surface area contributed by atoms with E-state index in [-0.39, 0.29) is 25.7 Å². The first-order valence-corrected chi connectivity index (χ1v) is 42.0. The van der Waals surface area contributed by atoms with Gasteiger partial charge in [-0.15, -0.1) is 0 Å². The van der Waals surface area contributed by atoms with E-state index in [9.17, 15) is 43.2 Å². The fourth-order valence-corrected chi connectivity index (χ4v) is 13.1. The summed E-state index contributed by atoms with van der Waals surface area (Å²) in [6.07, 6.45) is 54.3. The lowest BCUT2D eigenvalue weighted by Gasteiger charge is -2.21. The zero-order valence-corrected chi connectivity index (χ0v) is 63.1. The summed E-state index contributed by atoms with van der Waals surface area (Å²) in [5.41, 5.74) is 0. The van der Waals surface area contributed by atoms with Crippen LogP contribution in [0.4, 0.5) is 0 Å². The monoisotopic (exact) mass is 1380 g/mol. The van der Waals surface area contributed by atoms with Crippen LogP contribution in [0.3, 0.4) is 0 Å². The molecule has 0 fully saturated rings. The molecule has 0 saturated carbocycles. The highest BCUT2D eigenvalue weighted by atomic mass is 31.2. The number of hydrogen-bond donors (Lipinski definition) is 3. The molecule has 558 valence electrons. The molecule has 0 aromatic rings. The fourth-order valence-electron chi connectivity index (χ4n) is 11.5. The molecule has 0 saturated heterocycles. The molecule has 0 aromatic carbocycles. The van der Waals surface area contributed by atoms with E-state index in [1.54, 1.807) is 0 Å².